The minimum Gasteiger partial charge on any atom is -0.496 e. The number of anilines is 1. The Hall–Kier alpha value is -2.40. The van der Waals surface area contributed by atoms with Crippen LogP contribution in [0.5, 0.6) is 5.75 Å². The van der Waals surface area contributed by atoms with Gasteiger partial charge in [0.25, 0.3) is 0 Å². The molecule has 0 aromatic heterocycles. The smallest absolute Gasteiger partial charge is 0.224 e. The van der Waals surface area contributed by atoms with Crippen molar-refractivity contribution in [2.45, 2.75) is 26.4 Å². The third kappa shape index (κ3) is 5.06. The molecule has 0 spiro atoms. The SMILES string of the molecule is COc1ccc(NC(=O)CC(C)Cc2cccc(F)c2)cc1CO. The van der Waals surface area contributed by atoms with Crippen molar-refractivity contribution in [3.05, 3.63) is 59.4 Å². The molecule has 0 fully saturated rings. The molecule has 2 rings (SSSR count). The summed E-state index contributed by atoms with van der Waals surface area (Å²) in [6, 6.07) is 11.5. The quantitative estimate of drug-likeness (QED) is 0.816. The molecule has 0 radical (unpaired) electrons. The van der Waals surface area contributed by atoms with Gasteiger partial charge < -0.3 is 15.2 Å². The van der Waals surface area contributed by atoms with Crippen LogP contribution in [-0.4, -0.2) is 18.1 Å². The maximum absolute atomic E-state index is 13.2. The molecule has 0 aliphatic rings. The Labute approximate surface area is 141 Å². The van der Waals surface area contributed by atoms with Gasteiger partial charge in [0, 0.05) is 17.7 Å². The Morgan fingerprint density at radius 1 is 1.29 bits per heavy atom. The number of methoxy groups -OCH3 is 1. The van der Waals surface area contributed by atoms with E-state index in [1.54, 1.807) is 24.3 Å². The summed E-state index contributed by atoms with van der Waals surface area (Å²) in [6.07, 6.45) is 0.965. The molecule has 0 heterocycles. The van der Waals surface area contributed by atoms with Gasteiger partial charge >= 0.3 is 0 Å². The predicted molar refractivity (Wildman–Crippen MR) is 91.4 cm³/mol. The largest absolute Gasteiger partial charge is 0.496 e. The maximum atomic E-state index is 13.2. The van der Waals surface area contributed by atoms with Crippen LogP contribution < -0.4 is 10.1 Å². The summed E-state index contributed by atoms with van der Waals surface area (Å²) < 4.78 is 18.3. The molecule has 24 heavy (non-hydrogen) atoms. The summed E-state index contributed by atoms with van der Waals surface area (Å²) in [7, 11) is 1.53. The van der Waals surface area contributed by atoms with Crippen molar-refractivity contribution < 1.29 is 19.0 Å². The fraction of sp³-hybridized carbons (Fsp3) is 0.316. The number of ether oxygens (including phenoxy) is 1. The molecule has 5 heteroatoms. The lowest BCUT2D eigenvalue weighted by Gasteiger charge is -2.13. The molecule has 0 bridgehead atoms. The normalized spacial score (nSPS) is 11.8. The van der Waals surface area contributed by atoms with Crippen LogP contribution in [0.1, 0.15) is 24.5 Å². The Morgan fingerprint density at radius 3 is 2.75 bits per heavy atom. The first kappa shape index (κ1) is 17.9. The van der Waals surface area contributed by atoms with Crippen LogP contribution in [0.15, 0.2) is 42.5 Å². The van der Waals surface area contributed by atoms with E-state index in [2.05, 4.69) is 5.32 Å². The molecule has 0 aliphatic heterocycles. The minimum atomic E-state index is -0.265. The highest BCUT2D eigenvalue weighted by Crippen LogP contribution is 2.23. The van der Waals surface area contributed by atoms with Gasteiger partial charge in [-0.25, -0.2) is 4.39 Å². The number of benzene rings is 2. The van der Waals surface area contributed by atoms with Crippen molar-refractivity contribution in [2.24, 2.45) is 5.92 Å². The monoisotopic (exact) mass is 331 g/mol. The van der Waals surface area contributed by atoms with E-state index in [-0.39, 0.29) is 24.2 Å². The molecular formula is C19H22FNO3. The van der Waals surface area contributed by atoms with Crippen molar-refractivity contribution in [2.75, 3.05) is 12.4 Å². The lowest BCUT2D eigenvalue weighted by Crippen LogP contribution is -2.16. The lowest BCUT2D eigenvalue weighted by molar-refractivity contribution is -0.116. The number of rotatable bonds is 7. The van der Waals surface area contributed by atoms with E-state index >= 15 is 0 Å². The van der Waals surface area contributed by atoms with E-state index < -0.39 is 0 Å². The lowest BCUT2D eigenvalue weighted by atomic mass is 9.97. The first-order valence-corrected chi connectivity index (χ1v) is 7.84. The molecule has 0 aliphatic carbocycles. The van der Waals surface area contributed by atoms with Crippen LogP contribution >= 0.6 is 0 Å². The van der Waals surface area contributed by atoms with Crippen molar-refractivity contribution in [3.8, 4) is 5.75 Å². The van der Waals surface area contributed by atoms with E-state index in [1.807, 2.05) is 13.0 Å². The summed E-state index contributed by atoms with van der Waals surface area (Å²) in [4.78, 5) is 12.2. The second-order valence-corrected chi connectivity index (χ2v) is 5.88. The van der Waals surface area contributed by atoms with E-state index in [4.69, 9.17) is 4.74 Å². The second kappa shape index (κ2) is 8.45. The number of hydrogen-bond donors (Lipinski definition) is 2. The molecule has 0 saturated heterocycles. The highest BCUT2D eigenvalue weighted by atomic mass is 19.1. The summed E-state index contributed by atoms with van der Waals surface area (Å²) in [6.45, 7) is 1.79. The number of halogens is 1. The number of aliphatic hydroxyl groups excluding tert-OH is 1. The number of aliphatic hydroxyl groups is 1. The maximum Gasteiger partial charge on any atom is 0.224 e. The van der Waals surface area contributed by atoms with Crippen LogP contribution in [0.25, 0.3) is 0 Å². The zero-order valence-electron chi connectivity index (χ0n) is 13.9. The number of amides is 1. The average molecular weight is 331 g/mol. The molecule has 2 aromatic rings. The fourth-order valence-electron chi connectivity index (χ4n) is 2.65. The molecule has 0 saturated carbocycles. The van der Waals surface area contributed by atoms with Crippen LogP contribution in [0.3, 0.4) is 0 Å². The molecule has 1 amide bonds. The van der Waals surface area contributed by atoms with E-state index in [1.165, 1.54) is 19.2 Å². The standard InChI is InChI=1S/C19H22FNO3/c1-13(8-14-4-3-5-16(20)10-14)9-19(23)21-17-6-7-18(24-2)15(11-17)12-22/h3-7,10-11,13,22H,8-9,12H2,1-2H3,(H,21,23). The van der Waals surface area contributed by atoms with Gasteiger partial charge in [-0.3, -0.25) is 4.79 Å². The molecule has 1 unspecified atom stereocenters. The molecule has 1 atom stereocenters. The zero-order valence-corrected chi connectivity index (χ0v) is 13.9. The van der Waals surface area contributed by atoms with Crippen LogP contribution in [0, 0.1) is 11.7 Å². The van der Waals surface area contributed by atoms with Gasteiger partial charge in [0.1, 0.15) is 11.6 Å². The van der Waals surface area contributed by atoms with Gasteiger partial charge in [-0.1, -0.05) is 19.1 Å². The Bertz CT molecular complexity index is 703. The van der Waals surface area contributed by atoms with E-state index in [0.717, 1.165) is 5.56 Å². The topological polar surface area (TPSA) is 58.6 Å². The minimum absolute atomic E-state index is 0.0855. The van der Waals surface area contributed by atoms with Crippen LogP contribution in [0.2, 0.25) is 0 Å². The predicted octanol–water partition coefficient (Wildman–Crippen LogP) is 3.53. The number of hydrogen-bond acceptors (Lipinski definition) is 3. The number of nitrogens with one attached hydrogen (secondary N) is 1. The molecule has 2 aromatic carbocycles. The summed E-state index contributed by atoms with van der Waals surface area (Å²) in [5.41, 5.74) is 2.10. The average Bonchev–Trinajstić information content (AvgIpc) is 2.54. The summed E-state index contributed by atoms with van der Waals surface area (Å²) in [5.74, 6) is 0.282. The van der Waals surface area contributed by atoms with Gasteiger partial charge in [0.15, 0.2) is 0 Å². The number of carbonyl (C=O) groups is 1. The Morgan fingerprint density at radius 2 is 2.08 bits per heavy atom. The third-order valence-electron chi connectivity index (χ3n) is 3.74. The highest BCUT2D eigenvalue weighted by molar-refractivity contribution is 5.91. The molecule has 4 nitrogen and oxygen atoms in total. The first-order chi connectivity index (χ1) is 11.5. The van der Waals surface area contributed by atoms with Gasteiger partial charge in [0.05, 0.1) is 13.7 Å². The summed E-state index contributed by atoms with van der Waals surface area (Å²) >= 11 is 0. The van der Waals surface area contributed by atoms with Gasteiger partial charge in [-0.15, -0.1) is 0 Å². The Balaban J connectivity index is 1.92. The Kier molecular flexibility index (Phi) is 6.32. The summed E-state index contributed by atoms with van der Waals surface area (Å²) in [5, 5.41) is 12.1. The zero-order chi connectivity index (χ0) is 17.5. The first-order valence-electron chi connectivity index (χ1n) is 7.84. The van der Waals surface area contributed by atoms with Gasteiger partial charge in [0.2, 0.25) is 5.91 Å². The van der Waals surface area contributed by atoms with Crippen molar-refractivity contribution in [1.82, 2.24) is 0 Å². The highest BCUT2D eigenvalue weighted by Gasteiger charge is 2.12. The van der Waals surface area contributed by atoms with Crippen LogP contribution in [0.4, 0.5) is 10.1 Å². The van der Waals surface area contributed by atoms with E-state index in [9.17, 15) is 14.3 Å². The fourth-order valence-corrected chi connectivity index (χ4v) is 2.65. The molecule has 128 valence electrons. The van der Waals surface area contributed by atoms with Crippen molar-refractivity contribution in [3.63, 3.8) is 0 Å². The molecule has 2 N–H and O–H groups in total. The van der Waals surface area contributed by atoms with E-state index in [0.29, 0.717) is 29.8 Å². The third-order valence-corrected chi connectivity index (χ3v) is 3.74. The second-order valence-electron chi connectivity index (χ2n) is 5.88. The molecular weight excluding hydrogens is 309 g/mol. The van der Waals surface area contributed by atoms with Crippen molar-refractivity contribution >= 4 is 11.6 Å². The van der Waals surface area contributed by atoms with Gasteiger partial charge in [-0.05, 0) is 48.2 Å². The number of carbonyl (C=O) groups excluding carboxylic acids is 1. The van der Waals surface area contributed by atoms with Gasteiger partial charge in [-0.2, -0.15) is 0 Å². The van der Waals surface area contributed by atoms with Crippen LogP contribution in [-0.2, 0) is 17.8 Å². The van der Waals surface area contributed by atoms with Crippen molar-refractivity contribution in [1.29, 1.82) is 0 Å².